The molecule has 158 valence electrons. The second kappa shape index (κ2) is 12.3. The summed E-state index contributed by atoms with van der Waals surface area (Å²) in [5.41, 5.74) is 2.72. The Morgan fingerprint density at radius 3 is 1.47 bits per heavy atom. The van der Waals surface area contributed by atoms with Gasteiger partial charge in [0, 0.05) is 6.61 Å². The van der Waals surface area contributed by atoms with Crippen LogP contribution in [0.15, 0.2) is 91.0 Å². The molecule has 3 rings (SSSR count). The van der Waals surface area contributed by atoms with Crippen molar-refractivity contribution in [2.24, 2.45) is 0 Å². The van der Waals surface area contributed by atoms with Crippen molar-refractivity contribution in [1.82, 2.24) is 0 Å². The molecule has 0 aliphatic carbocycles. The second-order valence-electron chi connectivity index (χ2n) is 7.65. The zero-order valence-electron chi connectivity index (χ0n) is 18.1. The van der Waals surface area contributed by atoms with E-state index in [1.165, 1.54) is 25.7 Å². The molecule has 3 aromatic rings. The SMILES string of the molecule is CCCCCCCOCCOC(c1ccccc1)(c1ccccc1)c1ccccc1. The molecule has 30 heavy (non-hydrogen) atoms. The fourth-order valence-corrected chi connectivity index (χ4v) is 3.93. The molecule has 2 nitrogen and oxygen atoms in total. The van der Waals surface area contributed by atoms with Gasteiger partial charge in [-0.1, -0.05) is 124 Å². The van der Waals surface area contributed by atoms with Crippen LogP contribution < -0.4 is 0 Å². The van der Waals surface area contributed by atoms with Crippen molar-refractivity contribution in [3.63, 3.8) is 0 Å². The van der Waals surface area contributed by atoms with Gasteiger partial charge in [-0.3, -0.25) is 0 Å². The van der Waals surface area contributed by atoms with Gasteiger partial charge in [0.2, 0.25) is 0 Å². The summed E-state index contributed by atoms with van der Waals surface area (Å²) in [5.74, 6) is 0. The van der Waals surface area contributed by atoms with Crippen LogP contribution in [0.3, 0.4) is 0 Å². The Balaban J connectivity index is 1.77. The number of rotatable bonds is 13. The van der Waals surface area contributed by atoms with Crippen LogP contribution in [0.4, 0.5) is 0 Å². The molecule has 0 aliphatic rings. The first-order valence-electron chi connectivity index (χ1n) is 11.3. The first kappa shape index (κ1) is 22.3. The highest BCUT2D eigenvalue weighted by atomic mass is 16.5. The Labute approximate surface area is 181 Å². The van der Waals surface area contributed by atoms with Crippen molar-refractivity contribution < 1.29 is 9.47 Å². The van der Waals surface area contributed by atoms with Crippen LogP contribution in [0.1, 0.15) is 55.7 Å². The number of unbranched alkanes of at least 4 members (excludes halogenated alkanes) is 4. The van der Waals surface area contributed by atoms with E-state index in [0.29, 0.717) is 13.2 Å². The van der Waals surface area contributed by atoms with Gasteiger partial charge in [-0.25, -0.2) is 0 Å². The molecular formula is C28H34O2. The first-order chi connectivity index (χ1) is 14.9. The van der Waals surface area contributed by atoms with Gasteiger partial charge in [0.05, 0.1) is 13.2 Å². The summed E-state index contributed by atoms with van der Waals surface area (Å²) in [6, 6.07) is 31.5. The molecule has 0 heterocycles. The highest BCUT2D eigenvalue weighted by molar-refractivity contribution is 5.47. The standard InChI is InChI=1S/C28H34O2/c1-2-3-4-5-15-22-29-23-24-30-28(25-16-9-6-10-17-25,26-18-11-7-12-19-26)27-20-13-8-14-21-27/h6-14,16-21H,2-5,15,22-24H2,1H3. The van der Waals surface area contributed by atoms with E-state index in [1.54, 1.807) is 0 Å². The van der Waals surface area contributed by atoms with E-state index < -0.39 is 5.60 Å². The zero-order valence-corrected chi connectivity index (χ0v) is 18.1. The molecule has 0 aromatic heterocycles. The lowest BCUT2D eigenvalue weighted by atomic mass is 9.80. The number of benzene rings is 3. The summed E-state index contributed by atoms with van der Waals surface area (Å²) in [6.45, 7) is 4.18. The zero-order chi connectivity index (χ0) is 20.9. The fraction of sp³-hybridized carbons (Fsp3) is 0.357. The summed E-state index contributed by atoms with van der Waals surface area (Å²) in [6.07, 6.45) is 6.26. The Bertz CT molecular complexity index is 718. The van der Waals surface area contributed by atoms with Gasteiger partial charge in [0.15, 0.2) is 0 Å². The maximum Gasteiger partial charge on any atom is 0.143 e. The van der Waals surface area contributed by atoms with E-state index in [2.05, 4.69) is 79.7 Å². The molecule has 0 saturated heterocycles. The van der Waals surface area contributed by atoms with E-state index in [4.69, 9.17) is 9.47 Å². The smallest absolute Gasteiger partial charge is 0.143 e. The van der Waals surface area contributed by atoms with Gasteiger partial charge in [0.25, 0.3) is 0 Å². The lowest BCUT2D eigenvalue weighted by Gasteiger charge is -2.36. The van der Waals surface area contributed by atoms with Gasteiger partial charge in [-0.05, 0) is 23.1 Å². The molecule has 0 aliphatic heterocycles. The van der Waals surface area contributed by atoms with Crippen molar-refractivity contribution in [2.75, 3.05) is 19.8 Å². The van der Waals surface area contributed by atoms with Crippen LogP contribution in [0, 0.1) is 0 Å². The third-order valence-corrected chi connectivity index (χ3v) is 5.48. The van der Waals surface area contributed by atoms with Gasteiger partial charge in [-0.15, -0.1) is 0 Å². The van der Waals surface area contributed by atoms with E-state index in [0.717, 1.165) is 29.7 Å². The molecule has 0 radical (unpaired) electrons. The average Bonchev–Trinajstić information content (AvgIpc) is 2.82. The predicted molar refractivity (Wildman–Crippen MR) is 125 cm³/mol. The van der Waals surface area contributed by atoms with Gasteiger partial charge >= 0.3 is 0 Å². The Morgan fingerprint density at radius 1 is 0.533 bits per heavy atom. The highest BCUT2D eigenvalue weighted by Crippen LogP contribution is 2.40. The van der Waals surface area contributed by atoms with Crippen LogP contribution in [-0.4, -0.2) is 19.8 Å². The van der Waals surface area contributed by atoms with Crippen molar-refractivity contribution in [2.45, 2.75) is 44.6 Å². The molecule has 0 N–H and O–H groups in total. The molecule has 0 bridgehead atoms. The molecule has 3 aromatic carbocycles. The van der Waals surface area contributed by atoms with Crippen molar-refractivity contribution in [1.29, 1.82) is 0 Å². The molecule has 0 atom stereocenters. The highest BCUT2D eigenvalue weighted by Gasteiger charge is 2.37. The molecule has 0 fully saturated rings. The third kappa shape index (κ3) is 5.81. The minimum Gasteiger partial charge on any atom is -0.379 e. The maximum absolute atomic E-state index is 6.71. The van der Waals surface area contributed by atoms with Gasteiger partial charge < -0.3 is 9.47 Å². The molecule has 0 unspecified atom stereocenters. The van der Waals surface area contributed by atoms with E-state index in [9.17, 15) is 0 Å². The average molecular weight is 403 g/mol. The number of hydrogen-bond acceptors (Lipinski definition) is 2. The van der Waals surface area contributed by atoms with E-state index in [1.807, 2.05) is 18.2 Å². The van der Waals surface area contributed by atoms with Crippen LogP contribution in [-0.2, 0) is 15.1 Å². The van der Waals surface area contributed by atoms with Crippen molar-refractivity contribution in [3.8, 4) is 0 Å². The summed E-state index contributed by atoms with van der Waals surface area (Å²) < 4.78 is 12.6. The monoisotopic (exact) mass is 402 g/mol. The minimum atomic E-state index is -0.658. The van der Waals surface area contributed by atoms with Crippen molar-refractivity contribution >= 4 is 0 Å². The topological polar surface area (TPSA) is 18.5 Å². The van der Waals surface area contributed by atoms with Crippen LogP contribution in [0.2, 0.25) is 0 Å². The van der Waals surface area contributed by atoms with Crippen LogP contribution in [0.5, 0.6) is 0 Å². The molecule has 0 spiro atoms. The lowest BCUT2D eigenvalue weighted by molar-refractivity contribution is -0.0242. The maximum atomic E-state index is 6.71. The minimum absolute atomic E-state index is 0.535. The summed E-state index contributed by atoms with van der Waals surface area (Å²) in [4.78, 5) is 0. The molecule has 0 amide bonds. The predicted octanol–water partition coefficient (Wildman–Crippen LogP) is 6.98. The number of hydrogen-bond donors (Lipinski definition) is 0. The fourth-order valence-electron chi connectivity index (χ4n) is 3.93. The first-order valence-corrected chi connectivity index (χ1v) is 11.3. The Hall–Kier alpha value is -2.42. The summed E-state index contributed by atoms with van der Waals surface area (Å²) in [5, 5.41) is 0. The second-order valence-corrected chi connectivity index (χ2v) is 7.65. The van der Waals surface area contributed by atoms with E-state index in [-0.39, 0.29) is 0 Å². The normalized spacial score (nSPS) is 11.5. The van der Waals surface area contributed by atoms with Crippen LogP contribution >= 0.6 is 0 Å². The largest absolute Gasteiger partial charge is 0.379 e. The Kier molecular flexibility index (Phi) is 9.14. The number of ether oxygens (including phenoxy) is 2. The Morgan fingerprint density at radius 2 is 1.00 bits per heavy atom. The summed E-state index contributed by atoms with van der Waals surface area (Å²) in [7, 11) is 0. The molecule has 2 heteroatoms. The molecular weight excluding hydrogens is 368 g/mol. The van der Waals surface area contributed by atoms with Gasteiger partial charge in [0.1, 0.15) is 5.60 Å². The van der Waals surface area contributed by atoms with E-state index >= 15 is 0 Å². The third-order valence-electron chi connectivity index (χ3n) is 5.48. The summed E-state index contributed by atoms with van der Waals surface area (Å²) >= 11 is 0. The van der Waals surface area contributed by atoms with Crippen molar-refractivity contribution in [3.05, 3.63) is 108 Å². The van der Waals surface area contributed by atoms with Crippen LogP contribution in [0.25, 0.3) is 0 Å². The quantitative estimate of drug-likeness (QED) is 0.227. The van der Waals surface area contributed by atoms with Gasteiger partial charge in [-0.2, -0.15) is 0 Å². The lowest BCUT2D eigenvalue weighted by Crippen LogP contribution is -2.34. The molecule has 0 saturated carbocycles.